The molecule has 0 aromatic heterocycles. The Kier molecular flexibility index (Phi) is 5.56. The van der Waals surface area contributed by atoms with Crippen LogP contribution in [-0.2, 0) is 17.4 Å². The fraction of sp³-hybridized carbons (Fsp3) is 0.500. The number of nitrogens with zero attached hydrogens (tertiary/aromatic N) is 1. The maximum Gasteiger partial charge on any atom is 0.144 e. The van der Waals surface area contributed by atoms with Crippen LogP contribution >= 0.6 is 11.6 Å². The van der Waals surface area contributed by atoms with E-state index >= 15 is 0 Å². The Morgan fingerprint density at radius 2 is 2.05 bits per heavy atom. The number of hydrogen-bond donors (Lipinski definition) is 0. The van der Waals surface area contributed by atoms with Gasteiger partial charge in [-0.05, 0) is 45.4 Å². The minimum atomic E-state index is -1.23. The topological polar surface area (TPSA) is 38.7 Å². The van der Waals surface area contributed by atoms with Crippen LogP contribution in [0.1, 0.15) is 33.3 Å². The molecule has 0 bridgehead atoms. The first-order valence-electron chi connectivity index (χ1n) is 6.02. The molecule has 0 unspecified atom stereocenters. The maximum atomic E-state index is 11.9. The normalized spacial score (nSPS) is 14.3. The molecule has 1 atom stereocenters. The number of benzene rings is 1. The highest BCUT2D eigenvalue weighted by atomic mass is 35.5. The van der Waals surface area contributed by atoms with Gasteiger partial charge in [-0.15, -0.1) is 0 Å². The molecule has 0 amide bonds. The standard InChI is InChI=1S/C14H20ClNO2S/c1-10(16-19(17)14(2,3)4)8-11-6-7-12(18-5)9-13(11)15/h6-7,9H,8H2,1-5H3/b16-10-/t19-/m0/s1. The van der Waals surface area contributed by atoms with Crippen LogP contribution in [-0.4, -0.2) is 21.8 Å². The number of rotatable bonds is 4. The summed E-state index contributed by atoms with van der Waals surface area (Å²) in [6.45, 7) is 7.57. The molecule has 1 rings (SSSR count). The van der Waals surface area contributed by atoms with Crippen molar-refractivity contribution in [1.29, 1.82) is 0 Å². The molecule has 1 aromatic carbocycles. The molecule has 0 aliphatic carbocycles. The van der Waals surface area contributed by atoms with Gasteiger partial charge < -0.3 is 4.74 Å². The largest absolute Gasteiger partial charge is 0.497 e. The Hall–Kier alpha value is -0.870. The second-order valence-electron chi connectivity index (χ2n) is 5.32. The summed E-state index contributed by atoms with van der Waals surface area (Å²) in [5.74, 6) is 0.724. The molecule has 1 aromatic rings. The summed E-state index contributed by atoms with van der Waals surface area (Å²) in [7, 11) is 0.368. The van der Waals surface area contributed by atoms with Gasteiger partial charge in [-0.25, -0.2) is 4.21 Å². The van der Waals surface area contributed by atoms with Crippen LogP contribution in [0.3, 0.4) is 0 Å². The molecule has 106 valence electrons. The van der Waals surface area contributed by atoms with E-state index in [4.69, 9.17) is 16.3 Å². The number of ether oxygens (including phenoxy) is 1. The molecule has 0 N–H and O–H groups in total. The minimum Gasteiger partial charge on any atom is -0.497 e. The lowest BCUT2D eigenvalue weighted by Crippen LogP contribution is -2.20. The lowest BCUT2D eigenvalue weighted by molar-refractivity contribution is 0.414. The first-order valence-corrected chi connectivity index (χ1v) is 7.51. The van der Waals surface area contributed by atoms with E-state index in [1.54, 1.807) is 13.2 Å². The van der Waals surface area contributed by atoms with Gasteiger partial charge in [0.05, 0.1) is 11.9 Å². The van der Waals surface area contributed by atoms with Crippen LogP contribution < -0.4 is 4.74 Å². The summed E-state index contributed by atoms with van der Waals surface area (Å²) in [4.78, 5) is 0. The monoisotopic (exact) mass is 301 g/mol. The quantitative estimate of drug-likeness (QED) is 0.793. The van der Waals surface area contributed by atoms with Crippen LogP contribution in [0.25, 0.3) is 0 Å². The summed E-state index contributed by atoms with van der Waals surface area (Å²) in [6.07, 6.45) is 0.588. The van der Waals surface area contributed by atoms with Crippen molar-refractivity contribution in [3.05, 3.63) is 28.8 Å². The summed E-state index contributed by atoms with van der Waals surface area (Å²) in [5.41, 5.74) is 1.76. The van der Waals surface area contributed by atoms with E-state index in [0.29, 0.717) is 11.4 Å². The summed E-state index contributed by atoms with van der Waals surface area (Å²) in [5, 5.41) is 0.635. The Balaban J connectivity index is 2.85. The average molecular weight is 302 g/mol. The molecule has 0 fully saturated rings. The van der Waals surface area contributed by atoms with Crippen LogP contribution in [0.2, 0.25) is 5.02 Å². The van der Waals surface area contributed by atoms with E-state index in [-0.39, 0.29) is 4.75 Å². The molecule has 0 spiro atoms. The predicted octanol–water partition coefficient (Wildman–Crippen LogP) is 3.81. The van der Waals surface area contributed by atoms with E-state index in [1.165, 1.54) is 0 Å². The van der Waals surface area contributed by atoms with Crippen molar-refractivity contribution in [2.45, 2.75) is 38.9 Å². The van der Waals surface area contributed by atoms with Crippen molar-refractivity contribution in [3.63, 3.8) is 0 Å². The van der Waals surface area contributed by atoms with Gasteiger partial charge >= 0.3 is 0 Å². The molecule has 3 nitrogen and oxygen atoms in total. The molecule has 0 saturated heterocycles. The third kappa shape index (κ3) is 4.96. The predicted molar refractivity (Wildman–Crippen MR) is 82.7 cm³/mol. The number of hydrogen-bond acceptors (Lipinski definition) is 2. The van der Waals surface area contributed by atoms with Gasteiger partial charge in [0, 0.05) is 17.2 Å². The second-order valence-corrected chi connectivity index (χ2v) is 7.64. The maximum absolute atomic E-state index is 11.9. The van der Waals surface area contributed by atoms with E-state index < -0.39 is 11.0 Å². The number of methoxy groups -OCH3 is 1. The zero-order valence-electron chi connectivity index (χ0n) is 12.0. The molecule has 0 radical (unpaired) electrons. The molecule has 0 heterocycles. The molecule has 19 heavy (non-hydrogen) atoms. The Labute approximate surface area is 122 Å². The first kappa shape index (κ1) is 16.2. The van der Waals surface area contributed by atoms with Gasteiger partial charge in [-0.2, -0.15) is 4.40 Å². The van der Waals surface area contributed by atoms with Gasteiger partial charge in [-0.3, -0.25) is 0 Å². The van der Waals surface area contributed by atoms with Crippen molar-refractivity contribution in [2.75, 3.05) is 7.11 Å². The third-order valence-electron chi connectivity index (χ3n) is 2.47. The van der Waals surface area contributed by atoms with Gasteiger partial charge in [0.1, 0.15) is 16.7 Å². The van der Waals surface area contributed by atoms with Crippen LogP contribution in [0, 0.1) is 0 Å². The molecule has 0 saturated carbocycles. The minimum absolute atomic E-state index is 0.342. The second kappa shape index (κ2) is 6.53. The highest BCUT2D eigenvalue weighted by molar-refractivity contribution is 7.85. The smallest absolute Gasteiger partial charge is 0.144 e. The van der Waals surface area contributed by atoms with Crippen molar-refractivity contribution in [3.8, 4) is 5.75 Å². The highest BCUT2D eigenvalue weighted by Gasteiger charge is 2.19. The third-order valence-corrected chi connectivity index (χ3v) is 4.35. The number of halogens is 1. The van der Waals surface area contributed by atoms with Crippen LogP contribution in [0.5, 0.6) is 5.75 Å². The Morgan fingerprint density at radius 3 is 2.53 bits per heavy atom. The zero-order chi connectivity index (χ0) is 14.6. The van der Waals surface area contributed by atoms with E-state index in [2.05, 4.69) is 4.40 Å². The van der Waals surface area contributed by atoms with E-state index in [1.807, 2.05) is 39.8 Å². The molecule has 5 heteroatoms. The van der Waals surface area contributed by atoms with Gasteiger partial charge in [0.2, 0.25) is 0 Å². The van der Waals surface area contributed by atoms with Crippen molar-refractivity contribution < 1.29 is 8.95 Å². The first-order chi connectivity index (χ1) is 8.74. The van der Waals surface area contributed by atoms with Gasteiger partial charge in [0.15, 0.2) is 0 Å². The molecular formula is C14H20ClNO2S. The van der Waals surface area contributed by atoms with Crippen molar-refractivity contribution in [1.82, 2.24) is 0 Å². The van der Waals surface area contributed by atoms with Crippen LogP contribution in [0.4, 0.5) is 0 Å². The van der Waals surface area contributed by atoms with E-state index in [0.717, 1.165) is 17.0 Å². The van der Waals surface area contributed by atoms with Crippen molar-refractivity contribution >= 4 is 28.3 Å². The SMILES string of the molecule is COc1ccc(C/C(C)=N\[S@@](=O)C(C)(C)C)c(Cl)c1. The summed E-state index contributed by atoms with van der Waals surface area (Å²) < 4.78 is 20.9. The lowest BCUT2D eigenvalue weighted by Gasteiger charge is -2.14. The van der Waals surface area contributed by atoms with Gasteiger partial charge in [0.25, 0.3) is 0 Å². The Bertz CT molecular complexity index is 507. The average Bonchev–Trinajstić information content (AvgIpc) is 2.30. The fourth-order valence-electron chi connectivity index (χ4n) is 1.38. The fourth-order valence-corrected chi connectivity index (χ4v) is 2.24. The van der Waals surface area contributed by atoms with Crippen LogP contribution in [0.15, 0.2) is 22.6 Å². The molecular weight excluding hydrogens is 282 g/mol. The Morgan fingerprint density at radius 1 is 1.42 bits per heavy atom. The van der Waals surface area contributed by atoms with E-state index in [9.17, 15) is 4.21 Å². The zero-order valence-corrected chi connectivity index (χ0v) is 13.6. The van der Waals surface area contributed by atoms with Gasteiger partial charge in [-0.1, -0.05) is 17.7 Å². The summed E-state index contributed by atoms with van der Waals surface area (Å²) in [6, 6.07) is 5.53. The molecule has 0 aliphatic heterocycles. The lowest BCUT2D eigenvalue weighted by atomic mass is 10.1. The highest BCUT2D eigenvalue weighted by Crippen LogP contribution is 2.23. The summed E-state index contributed by atoms with van der Waals surface area (Å²) >= 11 is 6.17. The molecule has 0 aliphatic rings. The van der Waals surface area contributed by atoms with Crippen molar-refractivity contribution in [2.24, 2.45) is 4.40 Å².